The molecule has 114 valence electrons. The molecule has 0 bridgehead atoms. The average Bonchev–Trinajstić information content (AvgIpc) is 2.44. The quantitative estimate of drug-likeness (QED) is 0.389. The van der Waals surface area contributed by atoms with Gasteiger partial charge in [-0.3, -0.25) is 10.1 Å². The second-order valence-electron chi connectivity index (χ2n) is 4.90. The number of phenols is 1. The summed E-state index contributed by atoms with van der Waals surface area (Å²) < 4.78 is 0.969. The Morgan fingerprint density at radius 3 is 2.64 bits per heavy atom. The minimum atomic E-state index is -0.292. The van der Waals surface area contributed by atoms with Crippen LogP contribution in [0.15, 0.2) is 36.4 Å². The number of hydrogen-bond acceptors (Lipinski definition) is 3. The Balaban J connectivity index is 2.09. The number of carbonyl (C=O) groups excluding carboxylic acids is 1. The Hall–Kier alpha value is -1.67. The summed E-state index contributed by atoms with van der Waals surface area (Å²) in [5.74, 6) is -0.170. The number of benzene rings is 2. The van der Waals surface area contributed by atoms with Crippen LogP contribution in [0.1, 0.15) is 21.5 Å². The fraction of sp³-hybridized carbons (Fsp3) is 0.125. The molecule has 0 heterocycles. The number of carbonyl (C=O) groups is 1. The van der Waals surface area contributed by atoms with Gasteiger partial charge in [-0.1, -0.05) is 12.1 Å². The first-order valence-corrected chi connectivity index (χ1v) is 8.03. The standard InChI is InChI=1S/C16H15IN2O2S/c1-9-6-10(2)14(20)13(7-9)18-16(22)19-15(21)11-4-3-5-12(17)8-11/h3-8,20H,1-2H3,(H2,18,19,21,22). The average molecular weight is 426 g/mol. The van der Waals surface area contributed by atoms with Crippen molar-refractivity contribution in [2.45, 2.75) is 13.8 Å². The molecule has 0 aliphatic rings. The number of halogens is 1. The lowest BCUT2D eigenvalue weighted by molar-refractivity contribution is 0.0977. The van der Waals surface area contributed by atoms with E-state index in [1.54, 1.807) is 25.1 Å². The zero-order chi connectivity index (χ0) is 16.3. The Morgan fingerprint density at radius 1 is 1.23 bits per heavy atom. The number of phenolic OH excluding ortho intramolecular Hbond substituents is 1. The summed E-state index contributed by atoms with van der Waals surface area (Å²) in [4.78, 5) is 12.1. The molecule has 3 N–H and O–H groups in total. The fourth-order valence-corrected chi connectivity index (χ4v) is 2.76. The number of nitrogens with one attached hydrogen (secondary N) is 2. The molecule has 0 aliphatic heterocycles. The molecule has 0 aromatic heterocycles. The summed E-state index contributed by atoms with van der Waals surface area (Å²) >= 11 is 7.28. The van der Waals surface area contributed by atoms with E-state index in [2.05, 4.69) is 33.2 Å². The maximum Gasteiger partial charge on any atom is 0.257 e. The van der Waals surface area contributed by atoms with Gasteiger partial charge >= 0.3 is 0 Å². The van der Waals surface area contributed by atoms with Gasteiger partial charge in [-0.25, -0.2) is 0 Å². The van der Waals surface area contributed by atoms with E-state index in [1.807, 2.05) is 25.1 Å². The number of hydrogen-bond donors (Lipinski definition) is 3. The first-order valence-electron chi connectivity index (χ1n) is 6.55. The van der Waals surface area contributed by atoms with Crippen molar-refractivity contribution in [2.75, 3.05) is 5.32 Å². The molecular formula is C16H15IN2O2S. The van der Waals surface area contributed by atoms with Crippen LogP contribution >= 0.6 is 34.8 Å². The summed E-state index contributed by atoms with van der Waals surface area (Å²) in [6.45, 7) is 3.73. The minimum absolute atomic E-state index is 0.122. The summed E-state index contributed by atoms with van der Waals surface area (Å²) in [5.41, 5.74) is 2.74. The van der Waals surface area contributed by atoms with Gasteiger partial charge in [-0.05, 0) is 84.0 Å². The van der Waals surface area contributed by atoms with Gasteiger partial charge in [0, 0.05) is 9.13 Å². The van der Waals surface area contributed by atoms with E-state index in [0.29, 0.717) is 11.3 Å². The molecule has 0 unspecified atom stereocenters. The minimum Gasteiger partial charge on any atom is -0.505 e. The molecule has 4 nitrogen and oxygen atoms in total. The van der Waals surface area contributed by atoms with Crippen molar-refractivity contribution >= 4 is 51.5 Å². The molecule has 2 rings (SSSR count). The van der Waals surface area contributed by atoms with Crippen LogP contribution in [0.5, 0.6) is 5.75 Å². The van der Waals surface area contributed by atoms with E-state index in [4.69, 9.17) is 12.2 Å². The van der Waals surface area contributed by atoms with E-state index in [-0.39, 0.29) is 16.8 Å². The third-order valence-electron chi connectivity index (χ3n) is 3.01. The zero-order valence-electron chi connectivity index (χ0n) is 12.1. The van der Waals surface area contributed by atoms with Gasteiger partial charge in [0.05, 0.1) is 5.69 Å². The summed E-state index contributed by atoms with van der Waals surface area (Å²) in [6, 6.07) is 10.8. The van der Waals surface area contributed by atoms with Crippen molar-refractivity contribution in [3.8, 4) is 5.75 Å². The Morgan fingerprint density at radius 2 is 1.95 bits per heavy atom. The van der Waals surface area contributed by atoms with Crippen LogP contribution in [0.3, 0.4) is 0 Å². The number of anilines is 1. The summed E-state index contributed by atoms with van der Waals surface area (Å²) in [6.07, 6.45) is 0. The van der Waals surface area contributed by atoms with Crippen molar-refractivity contribution in [3.05, 3.63) is 56.7 Å². The van der Waals surface area contributed by atoms with Crippen LogP contribution < -0.4 is 10.6 Å². The highest BCUT2D eigenvalue weighted by atomic mass is 127. The topological polar surface area (TPSA) is 61.4 Å². The molecular weight excluding hydrogens is 411 g/mol. The molecule has 1 amide bonds. The summed E-state index contributed by atoms with van der Waals surface area (Å²) in [5, 5.41) is 15.6. The third kappa shape index (κ3) is 4.17. The van der Waals surface area contributed by atoms with E-state index in [1.165, 1.54) is 0 Å². The highest BCUT2D eigenvalue weighted by Gasteiger charge is 2.11. The maximum atomic E-state index is 12.1. The van der Waals surface area contributed by atoms with Gasteiger partial charge in [0.2, 0.25) is 0 Å². The number of aromatic hydroxyl groups is 1. The smallest absolute Gasteiger partial charge is 0.257 e. The van der Waals surface area contributed by atoms with Crippen LogP contribution in [-0.4, -0.2) is 16.1 Å². The monoisotopic (exact) mass is 426 g/mol. The fourth-order valence-electron chi connectivity index (χ4n) is 2.01. The number of amides is 1. The second-order valence-corrected chi connectivity index (χ2v) is 6.55. The number of aryl methyl sites for hydroxylation is 2. The molecule has 0 spiro atoms. The third-order valence-corrected chi connectivity index (χ3v) is 3.88. The van der Waals surface area contributed by atoms with Gasteiger partial charge in [0.15, 0.2) is 5.11 Å². The van der Waals surface area contributed by atoms with Crippen LogP contribution in [0, 0.1) is 17.4 Å². The molecule has 0 aliphatic carbocycles. The highest BCUT2D eigenvalue weighted by molar-refractivity contribution is 14.1. The number of rotatable bonds is 2. The van der Waals surface area contributed by atoms with Gasteiger partial charge < -0.3 is 10.4 Å². The largest absolute Gasteiger partial charge is 0.505 e. The lowest BCUT2D eigenvalue weighted by Gasteiger charge is -2.13. The summed E-state index contributed by atoms with van der Waals surface area (Å²) in [7, 11) is 0. The molecule has 2 aromatic carbocycles. The molecule has 2 aromatic rings. The van der Waals surface area contributed by atoms with Crippen molar-refractivity contribution in [1.29, 1.82) is 0 Å². The van der Waals surface area contributed by atoms with Crippen molar-refractivity contribution in [1.82, 2.24) is 5.32 Å². The molecule has 0 radical (unpaired) electrons. The van der Waals surface area contributed by atoms with E-state index in [0.717, 1.165) is 14.7 Å². The molecule has 0 saturated carbocycles. The van der Waals surface area contributed by atoms with Crippen LogP contribution in [0.25, 0.3) is 0 Å². The van der Waals surface area contributed by atoms with Gasteiger partial charge in [-0.15, -0.1) is 0 Å². The van der Waals surface area contributed by atoms with E-state index < -0.39 is 0 Å². The van der Waals surface area contributed by atoms with Crippen LogP contribution in [0.4, 0.5) is 5.69 Å². The Kier molecular flexibility index (Phi) is 5.36. The lowest BCUT2D eigenvalue weighted by Crippen LogP contribution is -2.34. The highest BCUT2D eigenvalue weighted by Crippen LogP contribution is 2.28. The van der Waals surface area contributed by atoms with Crippen molar-refractivity contribution in [2.24, 2.45) is 0 Å². The normalized spacial score (nSPS) is 10.1. The molecule has 6 heteroatoms. The predicted molar refractivity (Wildman–Crippen MR) is 100 cm³/mol. The van der Waals surface area contributed by atoms with Crippen LogP contribution in [-0.2, 0) is 0 Å². The predicted octanol–water partition coefficient (Wildman–Crippen LogP) is 3.74. The number of thiocarbonyl (C=S) groups is 1. The SMILES string of the molecule is Cc1cc(C)c(O)c(NC(=S)NC(=O)c2cccc(I)c2)c1. The van der Waals surface area contributed by atoms with Gasteiger partial charge in [0.1, 0.15) is 5.75 Å². The van der Waals surface area contributed by atoms with Crippen molar-refractivity contribution < 1.29 is 9.90 Å². The second kappa shape index (κ2) is 7.06. The van der Waals surface area contributed by atoms with Crippen molar-refractivity contribution in [3.63, 3.8) is 0 Å². The molecule has 0 fully saturated rings. The maximum absolute atomic E-state index is 12.1. The lowest BCUT2D eigenvalue weighted by atomic mass is 10.1. The Labute approximate surface area is 148 Å². The molecule has 22 heavy (non-hydrogen) atoms. The first-order chi connectivity index (χ1) is 10.4. The van der Waals surface area contributed by atoms with Crippen LogP contribution in [0.2, 0.25) is 0 Å². The first kappa shape index (κ1) is 16.7. The molecule has 0 atom stereocenters. The zero-order valence-corrected chi connectivity index (χ0v) is 15.1. The van der Waals surface area contributed by atoms with Gasteiger partial charge in [-0.2, -0.15) is 0 Å². The Bertz CT molecular complexity index is 747. The molecule has 0 saturated heterocycles. The van der Waals surface area contributed by atoms with Gasteiger partial charge in [0.25, 0.3) is 5.91 Å². The van der Waals surface area contributed by atoms with E-state index >= 15 is 0 Å². The van der Waals surface area contributed by atoms with E-state index in [9.17, 15) is 9.90 Å².